The minimum absolute atomic E-state index is 0.0456. The molecule has 0 fully saturated rings. The van der Waals surface area contributed by atoms with Gasteiger partial charge in [-0.3, -0.25) is 19.3 Å². The van der Waals surface area contributed by atoms with Gasteiger partial charge in [-0.2, -0.15) is 0 Å². The van der Waals surface area contributed by atoms with E-state index in [2.05, 4.69) is 5.32 Å². The molecule has 0 spiro atoms. The highest BCUT2D eigenvalue weighted by atomic mass is 19.1. The first-order chi connectivity index (χ1) is 14.7. The summed E-state index contributed by atoms with van der Waals surface area (Å²) >= 11 is 0. The lowest BCUT2D eigenvalue weighted by atomic mass is 9.88. The van der Waals surface area contributed by atoms with E-state index in [4.69, 9.17) is 4.74 Å². The van der Waals surface area contributed by atoms with Crippen LogP contribution >= 0.6 is 0 Å². The largest absolute Gasteiger partial charge is 0.466 e. The molecule has 2 amide bonds. The summed E-state index contributed by atoms with van der Waals surface area (Å²) in [6.45, 7) is 2.97. The summed E-state index contributed by atoms with van der Waals surface area (Å²) in [7, 11) is 1.19. The number of hydrogen-bond acceptors (Lipinski definition) is 5. The van der Waals surface area contributed by atoms with Crippen molar-refractivity contribution < 1.29 is 28.3 Å². The predicted octanol–water partition coefficient (Wildman–Crippen LogP) is 3.47. The Bertz CT molecular complexity index is 1070. The van der Waals surface area contributed by atoms with Crippen LogP contribution in [-0.4, -0.2) is 30.7 Å². The molecule has 1 N–H and O–H groups in total. The van der Waals surface area contributed by atoms with E-state index in [1.165, 1.54) is 50.1 Å². The maximum atomic E-state index is 13.3. The van der Waals surface area contributed by atoms with Crippen LogP contribution < -0.4 is 10.2 Å². The fourth-order valence-electron chi connectivity index (χ4n) is 3.50. The molecule has 7 nitrogen and oxygen atoms in total. The number of hydrogen-bond donors (Lipinski definition) is 1. The van der Waals surface area contributed by atoms with Gasteiger partial charge >= 0.3 is 5.97 Å². The zero-order chi connectivity index (χ0) is 22.7. The van der Waals surface area contributed by atoms with Gasteiger partial charge in [0.05, 0.1) is 18.6 Å². The van der Waals surface area contributed by atoms with Crippen LogP contribution in [0, 0.1) is 11.7 Å². The molecule has 2 aromatic carbocycles. The van der Waals surface area contributed by atoms with Gasteiger partial charge in [0.2, 0.25) is 11.8 Å². The summed E-state index contributed by atoms with van der Waals surface area (Å²) in [5.74, 6) is -3.33. The number of halogens is 1. The number of ether oxygens (including phenoxy) is 1. The SMILES string of the molecule is COC(=O)C1=C(C)N(c2ccc(F)cc2)C(=O)C[C@H]1C(=O)Nc1ccc(C(C)=O)cc1. The van der Waals surface area contributed by atoms with E-state index >= 15 is 0 Å². The van der Waals surface area contributed by atoms with E-state index in [1.807, 2.05) is 0 Å². The quantitative estimate of drug-likeness (QED) is 0.586. The maximum Gasteiger partial charge on any atom is 0.336 e. The minimum Gasteiger partial charge on any atom is -0.466 e. The molecule has 1 heterocycles. The molecular formula is C23H21FN2O5. The van der Waals surface area contributed by atoms with Crippen LogP contribution in [0.5, 0.6) is 0 Å². The lowest BCUT2D eigenvalue weighted by Crippen LogP contribution is -2.43. The zero-order valence-electron chi connectivity index (χ0n) is 17.3. The van der Waals surface area contributed by atoms with Gasteiger partial charge < -0.3 is 10.1 Å². The Morgan fingerprint density at radius 3 is 2.23 bits per heavy atom. The van der Waals surface area contributed by atoms with Crippen molar-refractivity contribution in [3.63, 3.8) is 0 Å². The fraction of sp³-hybridized carbons (Fsp3) is 0.217. The number of Topliss-reactive ketones (excluding diaryl/α,β-unsaturated/α-hetero) is 1. The third-order valence-corrected chi connectivity index (χ3v) is 5.07. The van der Waals surface area contributed by atoms with Crippen LogP contribution in [0.2, 0.25) is 0 Å². The lowest BCUT2D eigenvalue weighted by molar-refractivity contribution is -0.138. The second kappa shape index (κ2) is 8.91. The number of amides is 2. The average molecular weight is 424 g/mol. The summed E-state index contributed by atoms with van der Waals surface area (Å²) in [6, 6.07) is 11.5. The van der Waals surface area contributed by atoms with Crippen LogP contribution in [0.3, 0.4) is 0 Å². The highest BCUT2D eigenvalue weighted by Crippen LogP contribution is 2.34. The number of nitrogens with one attached hydrogen (secondary N) is 1. The van der Waals surface area contributed by atoms with Crippen LogP contribution in [-0.2, 0) is 19.1 Å². The van der Waals surface area contributed by atoms with Crippen LogP contribution in [0.15, 0.2) is 59.8 Å². The van der Waals surface area contributed by atoms with Gasteiger partial charge in [-0.05, 0) is 62.4 Å². The molecule has 0 aromatic heterocycles. The number of esters is 1. The summed E-state index contributed by atoms with van der Waals surface area (Å²) in [6.07, 6.45) is -0.267. The summed E-state index contributed by atoms with van der Waals surface area (Å²) in [5.41, 5.74) is 1.58. The molecule has 0 saturated heterocycles. The van der Waals surface area contributed by atoms with Crippen molar-refractivity contribution in [2.24, 2.45) is 5.92 Å². The summed E-state index contributed by atoms with van der Waals surface area (Å²) < 4.78 is 18.1. The van der Waals surface area contributed by atoms with Crippen molar-refractivity contribution in [1.82, 2.24) is 0 Å². The number of rotatable bonds is 5. The van der Waals surface area contributed by atoms with Crippen molar-refractivity contribution >= 4 is 34.9 Å². The Labute approximate surface area is 178 Å². The highest BCUT2D eigenvalue weighted by molar-refractivity contribution is 6.10. The fourth-order valence-corrected chi connectivity index (χ4v) is 3.50. The standard InChI is InChI=1S/C23H21FN2O5/c1-13-21(23(30)31-3)19(12-20(28)26(13)18-10-6-16(24)7-11-18)22(29)25-17-8-4-15(5-9-17)14(2)27/h4-11,19H,12H2,1-3H3,(H,25,29)/t19-/m1/s1. The Hall–Kier alpha value is -3.81. The zero-order valence-corrected chi connectivity index (χ0v) is 17.3. The monoisotopic (exact) mass is 424 g/mol. The number of methoxy groups -OCH3 is 1. The van der Waals surface area contributed by atoms with Gasteiger partial charge in [0, 0.05) is 29.1 Å². The molecule has 2 aromatic rings. The van der Waals surface area contributed by atoms with E-state index in [0.717, 1.165) is 0 Å². The van der Waals surface area contributed by atoms with E-state index in [0.29, 0.717) is 16.9 Å². The van der Waals surface area contributed by atoms with Crippen molar-refractivity contribution in [2.75, 3.05) is 17.3 Å². The Kier molecular flexibility index (Phi) is 6.29. The van der Waals surface area contributed by atoms with Crippen molar-refractivity contribution in [2.45, 2.75) is 20.3 Å². The minimum atomic E-state index is -1.07. The Morgan fingerprint density at radius 2 is 1.68 bits per heavy atom. The molecule has 1 aliphatic rings. The molecule has 160 valence electrons. The first kappa shape index (κ1) is 21.9. The Balaban J connectivity index is 1.94. The molecule has 31 heavy (non-hydrogen) atoms. The lowest BCUT2D eigenvalue weighted by Gasteiger charge is -2.33. The van der Waals surface area contributed by atoms with Crippen molar-refractivity contribution in [1.29, 1.82) is 0 Å². The van der Waals surface area contributed by atoms with E-state index < -0.39 is 29.5 Å². The maximum absolute atomic E-state index is 13.3. The number of benzene rings is 2. The molecule has 0 unspecified atom stereocenters. The molecule has 3 rings (SSSR count). The van der Waals surface area contributed by atoms with Crippen LogP contribution in [0.1, 0.15) is 30.6 Å². The van der Waals surface area contributed by atoms with Gasteiger partial charge in [-0.1, -0.05) is 0 Å². The smallest absolute Gasteiger partial charge is 0.336 e. The normalized spacial score (nSPS) is 16.2. The first-order valence-corrected chi connectivity index (χ1v) is 9.52. The molecule has 0 saturated carbocycles. The van der Waals surface area contributed by atoms with Crippen LogP contribution in [0.4, 0.5) is 15.8 Å². The summed E-state index contributed by atoms with van der Waals surface area (Å²) in [4.78, 5) is 51.0. The topological polar surface area (TPSA) is 92.8 Å². The van der Waals surface area contributed by atoms with Crippen LogP contribution in [0.25, 0.3) is 0 Å². The first-order valence-electron chi connectivity index (χ1n) is 9.52. The number of anilines is 2. The number of allylic oxidation sites excluding steroid dienone is 1. The number of ketones is 1. The average Bonchev–Trinajstić information content (AvgIpc) is 2.74. The molecular weight excluding hydrogens is 403 g/mol. The van der Waals surface area contributed by atoms with E-state index in [9.17, 15) is 23.6 Å². The van der Waals surface area contributed by atoms with Gasteiger partial charge in [0.15, 0.2) is 5.78 Å². The van der Waals surface area contributed by atoms with E-state index in [1.54, 1.807) is 24.3 Å². The second-order valence-electron chi connectivity index (χ2n) is 7.08. The second-order valence-corrected chi connectivity index (χ2v) is 7.08. The van der Waals surface area contributed by atoms with Gasteiger partial charge in [-0.25, -0.2) is 9.18 Å². The Morgan fingerprint density at radius 1 is 1.06 bits per heavy atom. The van der Waals surface area contributed by atoms with Crippen molar-refractivity contribution in [3.8, 4) is 0 Å². The summed E-state index contributed by atoms with van der Waals surface area (Å²) in [5, 5.41) is 2.68. The third kappa shape index (κ3) is 4.53. The molecule has 1 aliphatic heterocycles. The van der Waals surface area contributed by atoms with E-state index in [-0.39, 0.29) is 23.5 Å². The number of nitrogens with zero attached hydrogens (tertiary/aromatic N) is 1. The van der Waals surface area contributed by atoms with Gasteiger partial charge in [0.1, 0.15) is 5.82 Å². The van der Waals surface area contributed by atoms with Crippen molar-refractivity contribution in [3.05, 3.63) is 71.2 Å². The third-order valence-electron chi connectivity index (χ3n) is 5.07. The molecule has 0 bridgehead atoms. The molecule has 0 radical (unpaired) electrons. The van der Waals surface area contributed by atoms with Gasteiger partial charge in [0.25, 0.3) is 0 Å². The highest BCUT2D eigenvalue weighted by Gasteiger charge is 2.40. The van der Waals surface area contributed by atoms with Gasteiger partial charge in [-0.15, -0.1) is 0 Å². The molecule has 0 aliphatic carbocycles. The molecule has 8 heteroatoms. The number of carbonyl (C=O) groups is 4. The predicted molar refractivity (Wildman–Crippen MR) is 112 cm³/mol. The number of carbonyl (C=O) groups excluding carboxylic acids is 4. The molecule has 1 atom stereocenters.